The number of rotatable bonds is 3. The molecule has 4 nitrogen and oxygen atoms in total. The molecule has 1 N–H and O–H groups in total. The quantitative estimate of drug-likeness (QED) is 0.777. The Kier molecular flexibility index (Phi) is 4.07. The molecule has 25 heavy (non-hydrogen) atoms. The van der Waals surface area contributed by atoms with E-state index in [1.165, 1.54) is 0 Å². The molecule has 2 aromatic carbocycles. The first-order valence-corrected chi connectivity index (χ1v) is 8.49. The van der Waals surface area contributed by atoms with Gasteiger partial charge in [-0.1, -0.05) is 48.0 Å². The van der Waals surface area contributed by atoms with Crippen molar-refractivity contribution < 1.29 is 4.84 Å². The Hall–Kier alpha value is -2.56. The van der Waals surface area contributed by atoms with E-state index in [-0.39, 0.29) is 11.7 Å². The van der Waals surface area contributed by atoms with E-state index in [4.69, 9.17) is 16.4 Å². The third kappa shape index (κ3) is 2.95. The predicted octanol–water partition coefficient (Wildman–Crippen LogP) is 3.91. The second-order valence-corrected chi connectivity index (χ2v) is 6.52. The van der Waals surface area contributed by atoms with Crippen molar-refractivity contribution in [3.63, 3.8) is 0 Å². The summed E-state index contributed by atoms with van der Waals surface area (Å²) in [5.74, 6) is 0. The molecular weight excluding hydrogens is 336 g/mol. The van der Waals surface area contributed by atoms with E-state index < -0.39 is 0 Å². The molecular formula is C20H17ClN2O2. The van der Waals surface area contributed by atoms with Crippen LogP contribution in [0.2, 0.25) is 5.02 Å². The maximum absolute atomic E-state index is 12.5. The molecule has 5 heteroatoms. The van der Waals surface area contributed by atoms with Crippen LogP contribution in [-0.4, -0.2) is 10.7 Å². The lowest BCUT2D eigenvalue weighted by Gasteiger charge is -2.14. The van der Waals surface area contributed by atoms with Crippen LogP contribution in [0.25, 0.3) is 16.6 Å². The average Bonchev–Trinajstić information content (AvgIpc) is 3.07. The molecule has 1 aliphatic rings. The van der Waals surface area contributed by atoms with Gasteiger partial charge in [0.1, 0.15) is 6.10 Å². The summed E-state index contributed by atoms with van der Waals surface area (Å²) >= 11 is 6.24. The number of hydroxylamine groups is 1. The fourth-order valence-corrected chi connectivity index (χ4v) is 3.42. The van der Waals surface area contributed by atoms with Gasteiger partial charge in [0.15, 0.2) is 0 Å². The van der Waals surface area contributed by atoms with Crippen LogP contribution in [0.1, 0.15) is 11.1 Å². The first-order valence-electron chi connectivity index (χ1n) is 8.11. The van der Waals surface area contributed by atoms with E-state index in [1.807, 2.05) is 61.5 Å². The molecule has 126 valence electrons. The zero-order valence-corrected chi connectivity index (χ0v) is 14.5. The van der Waals surface area contributed by atoms with Gasteiger partial charge in [0.2, 0.25) is 0 Å². The van der Waals surface area contributed by atoms with Gasteiger partial charge in [0.05, 0.1) is 17.8 Å². The summed E-state index contributed by atoms with van der Waals surface area (Å²) in [6.45, 7) is 2.39. The minimum absolute atomic E-state index is 0.0283. The second-order valence-electron chi connectivity index (χ2n) is 6.11. The Morgan fingerprint density at radius 3 is 2.76 bits per heavy atom. The summed E-state index contributed by atoms with van der Waals surface area (Å²) < 4.78 is 1.75. The number of benzene rings is 2. The minimum atomic E-state index is -0.255. The third-order valence-electron chi connectivity index (χ3n) is 4.43. The summed E-state index contributed by atoms with van der Waals surface area (Å²) in [7, 11) is 0. The summed E-state index contributed by atoms with van der Waals surface area (Å²) in [6.07, 6.45) is 1.71. The first kappa shape index (κ1) is 15.9. The maximum atomic E-state index is 12.5. The van der Waals surface area contributed by atoms with E-state index in [0.29, 0.717) is 11.6 Å². The number of pyridine rings is 1. The Balaban J connectivity index is 1.69. The van der Waals surface area contributed by atoms with Crippen molar-refractivity contribution in [1.82, 2.24) is 10.0 Å². The first-order chi connectivity index (χ1) is 12.1. The average molecular weight is 353 g/mol. The lowest BCUT2D eigenvalue weighted by molar-refractivity contribution is 0.0419. The van der Waals surface area contributed by atoms with Gasteiger partial charge in [-0.15, -0.1) is 0 Å². The van der Waals surface area contributed by atoms with Gasteiger partial charge >= 0.3 is 0 Å². The van der Waals surface area contributed by atoms with E-state index >= 15 is 0 Å². The number of aromatic nitrogens is 1. The largest absolute Gasteiger partial charge is 0.305 e. The summed E-state index contributed by atoms with van der Waals surface area (Å²) in [6, 6.07) is 17.2. The molecule has 0 aliphatic carbocycles. The number of halogens is 1. The lowest BCUT2D eigenvalue weighted by atomic mass is 10.1. The molecule has 0 amide bonds. The smallest absolute Gasteiger partial charge is 0.251 e. The van der Waals surface area contributed by atoms with Gasteiger partial charge in [-0.2, -0.15) is 0 Å². The van der Waals surface area contributed by atoms with E-state index in [9.17, 15) is 4.79 Å². The highest BCUT2D eigenvalue weighted by Gasteiger charge is 2.20. The Labute approximate surface area is 150 Å². The molecule has 0 spiro atoms. The minimum Gasteiger partial charge on any atom is -0.305 e. The summed E-state index contributed by atoms with van der Waals surface area (Å²) in [5.41, 5.74) is 6.49. The van der Waals surface area contributed by atoms with Crippen molar-refractivity contribution in [2.24, 2.45) is 0 Å². The van der Waals surface area contributed by atoms with Crippen LogP contribution in [0.15, 0.2) is 65.5 Å². The molecule has 0 saturated carbocycles. The molecule has 1 atom stereocenters. The molecule has 0 bridgehead atoms. The van der Waals surface area contributed by atoms with Crippen molar-refractivity contribution in [3.05, 3.63) is 87.2 Å². The molecule has 2 heterocycles. The van der Waals surface area contributed by atoms with E-state index in [1.54, 1.807) is 10.6 Å². The Morgan fingerprint density at radius 1 is 1.16 bits per heavy atom. The van der Waals surface area contributed by atoms with Crippen LogP contribution >= 0.6 is 11.6 Å². The van der Waals surface area contributed by atoms with Gasteiger partial charge in [0, 0.05) is 22.0 Å². The fraction of sp³-hybridized carbons (Fsp3) is 0.150. The van der Waals surface area contributed by atoms with Crippen molar-refractivity contribution in [3.8, 4) is 0 Å². The topological polar surface area (TPSA) is 43.3 Å². The van der Waals surface area contributed by atoms with Crippen molar-refractivity contribution >= 4 is 28.2 Å². The molecule has 0 fully saturated rings. The van der Waals surface area contributed by atoms with Crippen LogP contribution < -0.4 is 11.0 Å². The molecule has 0 unspecified atom stereocenters. The van der Waals surface area contributed by atoms with Gasteiger partial charge in [-0.25, -0.2) is 0 Å². The maximum Gasteiger partial charge on any atom is 0.251 e. The zero-order valence-electron chi connectivity index (χ0n) is 13.7. The van der Waals surface area contributed by atoms with Crippen molar-refractivity contribution in [2.45, 2.75) is 19.6 Å². The SMILES string of the molecule is Cc1cc(=O)n(C[C@H]2C=C(c3ccccc3Cl)NO2)c2ccccc12. The summed E-state index contributed by atoms with van der Waals surface area (Å²) in [5, 5.41) is 1.73. The van der Waals surface area contributed by atoms with E-state index in [2.05, 4.69) is 5.48 Å². The lowest BCUT2D eigenvalue weighted by Crippen LogP contribution is -2.27. The van der Waals surface area contributed by atoms with Crippen LogP contribution in [0.3, 0.4) is 0 Å². The van der Waals surface area contributed by atoms with Crippen molar-refractivity contribution in [1.29, 1.82) is 0 Å². The zero-order chi connectivity index (χ0) is 17.4. The standard InChI is InChI=1S/C20H17ClN2O2/c1-13-10-20(24)23(19-9-5-3-6-15(13)19)12-14-11-18(22-25-14)16-7-2-4-8-17(16)21/h2-11,14,22H,12H2,1H3/t14-/m1/s1. The predicted molar refractivity (Wildman–Crippen MR) is 100 cm³/mol. The summed E-state index contributed by atoms with van der Waals surface area (Å²) in [4.78, 5) is 18.1. The van der Waals surface area contributed by atoms with Crippen molar-refractivity contribution in [2.75, 3.05) is 0 Å². The number of para-hydroxylation sites is 1. The molecule has 3 aromatic rings. The normalized spacial score (nSPS) is 16.7. The highest BCUT2D eigenvalue weighted by molar-refractivity contribution is 6.32. The van der Waals surface area contributed by atoms with Crippen LogP contribution in [0.5, 0.6) is 0 Å². The van der Waals surface area contributed by atoms with Crippen LogP contribution in [0.4, 0.5) is 0 Å². The number of aryl methyl sites for hydroxylation is 1. The number of fused-ring (bicyclic) bond motifs is 1. The van der Waals surface area contributed by atoms with Crippen LogP contribution in [0, 0.1) is 6.92 Å². The number of hydrogen-bond acceptors (Lipinski definition) is 3. The molecule has 0 radical (unpaired) electrons. The number of nitrogens with one attached hydrogen (secondary N) is 1. The van der Waals surface area contributed by atoms with E-state index in [0.717, 1.165) is 27.7 Å². The monoisotopic (exact) mass is 352 g/mol. The van der Waals surface area contributed by atoms with Gasteiger partial charge in [-0.05, 0) is 30.7 Å². The highest BCUT2D eigenvalue weighted by atomic mass is 35.5. The second kappa shape index (κ2) is 6.39. The third-order valence-corrected chi connectivity index (χ3v) is 4.75. The highest BCUT2D eigenvalue weighted by Crippen LogP contribution is 2.26. The Morgan fingerprint density at radius 2 is 1.92 bits per heavy atom. The molecule has 1 aromatic heterocycles. The number of nitrogens with zero attached hydrogens (tertiary/aromatic N) is 1. The van der Waals surface area contributed by atoms with Gasteiger partial charge < -0.3 is 4.57 Å². The fourth-order valence-electron chi connectivity index (χ4n) is 3.18. The van der Waals surface area contributed by atoms with Crippen LogP contribution in [-0.2, 0) is 11.4 Å². The molecule has 4 rings (SSSR count). The molecule has 1 aliphatic heterocycles. The Bertz CT molecular complexity index is 1040. The van der Waals surface area contributed by atoms with Gasteiger partial charge in [0.25, 0.3) is 5.56 Å². The van der Waals surface area contributed by atoms with Gasteiger partial charge in [-0.3, -0.25) is 15.1 Å². The number of hydrogen-bond donors (Lipinski definition) is 1. The molecule has 0 saturated heterocycles.